The molecule has 2 N–H and O–H groups in total. The van der Waals surface area contributed by atoms with Crippen molar-refractivity contribution in [2.45, 2.75) is 39.3 Å². The number of hydrogen-bond acceptors (Lipinski definition) is 5. The first-order valence-corrected chi connectivity index (χ1v) is 11.1. The summed E-state index contributed by atoms with van der Waals surface area (Å²) >= 11 is 0. The van der Waals surface area contributed by atoms with Crippen LogP contribution in [0, 0.1) is 13.8 Å². The second-order valence-corrected chi connectivity index (χ2v) is 8.58. The van der Waals surface area contributed by atoms with E-state index in [1.807, 2.05) is 25.1 Å². The zero-order valence-electron chi connectivity index (χ0n) is 18.9. The molecule has 0 unspecified atom stereocenters. The molecule has 3 aromatic heterocycles. The average molecular weight is 457 g/mol. The molecule has 0 spiro atoms. The molecule has 1 fully saturated rings. The molecule has 9 heteroatoms. The van der Waals surface area contributed by atoms with Crippen LogP contribution in [0.2, 0.25) is 0 Å². The molecule has 3 heterocycles. The Labute approximate surface area is 195 Å². The van der Waals surface area contributed by atoms with Gasteiger partial charge in [-0.2, -0.15) is 5.10 Å². The van der Waals surface area contributed by atoms with Crippen molar-refractivity contribution in [1.82, 2.24) is 24.5 Å². The first-order valence-electron chi connectivity index (χ1n) is 11.1. The Balaban J connectivity index is 1.42. The van der Waals surface area contributed by atoms with Gasteiger partial charge in [0.25, 0.3) is 17.4 Å². The number of rotatable bonds is 6. The van der Waals surface area contributed by atoms with Crippen molar-refractivity contribution < 1.29 is 9.59 Å². The third-order valence-corrected chi connectivity index (χ3v) is 5.98. The van der Waals surface area contributed by atoms with E-state index in [9.17, 15) is 14.4 Å². The smallest absolute Gasteiger partial charge is 0.278 e. The summed E-state index contributed by atoms with van der Waals surface area (Å²) in [6, 6.07) is 11.0. The largest absolute Gasteiger partial charge is 0.349 e. The van der Waals surface area contributed by atoms with E-state index >= 15 is 0 Å². The van der Waals surface area contributed by atoms with Crippen LogP contribution < -0.4 is 16.2 Å². The van der Waals surface area contributed by atoms with Gasteiger partial charge in [-0.15, -0.1) is 0 Å². The van der Waals surface area contributed by atoms with Crippen LogP contribution in [0.3, 0.4) is 0 Å². The lowest BCUT2D eigenvalue weighted by molar-refractivity contribution is 0.0949. The zero-order valence-corrected chi connectivity index (χ0v) is 18.9. The fraction of sp³-hybridized carbons (Fsp3) is 0.240. The van der Waals surface area contributed by atoms with E-state index in [1.54, 1.807) is 37.5 Å². The molecule has 2 amide bonds. The van der Waals surface area contributed by atoms with Crippen molar-refractivity contribution in [3.05, 3.63) is 93.4 Å². The maximum atomic E-state index is 13.1. The number of carbonyl (C=O) groups excluding carboxylic acids is 2. The maximum Gasteiger partial charge on any atom is 0.278 e. The van der Waals surface area contributed by atoms with Crippen LogP contribution in [0.4, 0.5) is 5.69 Å². The molecule has 0 saturated heterocycles. The lowest BCUT2D eigenvalue weighted by Crippen LogP contribution is -2.25. The third-order valence-electron chi connectivity index (χ3n) is 5.98. The summed E-state index contributed by atoms with van der Waals surface area (Å²) in [6.45, 7) is 3.87. The lowest BCUT2D eigenvalue weighted by atomic mass is 10.1. The van der Waals surface area contributed by atoms with E-state index in [2.05, 4.69) is 20.7 Å². The minimum Gasteiger partial charge on any atom is -0.349 e. The Bertz CT molecular complexity index is 1470. The molecule has 0 atom stereocenters. The Morgan fingerprint density at radius 1 is 1.12 bits per heavy atom. The van der Waals surface area contributed by atoms with Gasteiger partial charge < -0.3 is 10.6 Å². The number of anilines is 1. The highest BCUT2D eigenvalue weighted by molar-refractivity contribution is 6.07. The Morgan fingerprint density at radius 3 is 2.68 bits per heavy atom. The van der Waals surface area contributed by atoms with Crippen LogP contribution in [0.1, 0.15) is 50.4 Å². The van der Waals surface area contributed by atoms with Gasteiger partial charge in [-0.05, 0) is 62.1 Å². The van der Waals surface area contributed by atoms with Crippen molar-refractivity contribution in [3.8, 4) is 0 Å². The summed E-state index contributed by atoms with van der Waals surface area (Å²) in [4.78, 5) is 42.9. The van der Waals surface area contributed by atoms with Gasteiger partial charge in [-0.25, -0.2) is 4.52 Å². The Morgan fingerprint density at radius 2 is 1.94 bits per heavy atom. The Kier molecular flexibility index (Phi) is 5.45. The number of pyridine rings is 1. The van der Waals surface area contributed by atoms with E-state index in [1.165, 1.54) is 15.4 Å². The number of nitrogens with zero attached hydrogens (tertiary/aromatic N) is 4. The summed E-state index contributed by atoms with van der Waals surface area (Å²) in [7, 11) is 0. The molecule has 34 heavy (non-hydrogen) atoms. The van der Waals surface area contributed by atoms with Crippen LogP contribution in [0.25, 0.3) is 5.52 Å². The predicted octanol–water partition coefficient (Wildman–Crippen LogP) is 2.70. The number of aryl methyl sites for hydroxylation is 2. The highest BCUT2D eigenvalue weighted by Crippen LogP contribution is 2.23. The highest BCUT2D eigenvalue weighted by atomic mass is 16.2. The fourth-order valence-corrected chi connectivity index (χ4v) is 3.83. The van der Waals surface area contributed by atoms with Gasteiger partial charge >= 0.3 is 0 Å². The predicted molar refractivity (Wildman–Crippen MR) is 127 cm³/mol. The summed E-state index contributed by atoms with van der Waals surface area (Å²) in [6.07, 6.45) is 6.66. The van der Waals surface area contributed by atoms with Crippen molar-refractivity contribution in [2.75, 3.05) is 5.32 Å². The normalized spacial score (nSPS) is 13.1. The molecule has 0 aliphatic heterocycles. The minimum atomic E-state index is -0.374. The van der Waals surface area contributed by atoms with Gasteiger partial charge in [-0.3, -0.25) is 23.9 Å². The van der Waals surface area contributed by atoms with E-state index < -0.39 is 0 Å². The van der Waals surface area contributed by atoms with E-state index in [4.69, 9.17) is 0 Å². The third kappa shape index (κ3) is 4.19. The number of hydrogen-bond donors (Lipinski definition) is 2. The van der Waals surface area contributed by atoms with Gasteiger partial charge in [0.2, 0.25) is 0 Å². The average Bonchev–Trinajstić information content (AvgIpc) is 3.58. The molecule has 172 valence electrons. The van der Waals surface area contributed by atoms with Crippen molar-refractivity contribution in [1.29, 1.82) is 0 Å². The number of fused-ring (bicyclic) bond motifs is 1. The highest BCUT2D eigenvalue weighted by Gasteiger charge is 2.24. The SMILES string of the molecule is Cc1ccc(C(=O)NC2CC2)cc1NC(=O)c1cn2ncn(Cc3ccccn3)c(=O)c2c1C. The second-order valence-electron chi connectivity index (χ2n) is 8.58. The van der Waals surface area contributed by atoms with Crippen molar-refractivity contribution >= 4 is 23.0 Å². The van der Waals surface area contributed by atoms with Crippen LogP contribution in [0.15, 0.2) is 59.9 Å². The van der Waals surface area contributed by atoms with Gasteiger partial charge in [0.05, 0.1) is 17.8 Å². The molecule has 1 aliphatic carbocycles. The zero-order chi connectivity index (χ0) is 23.8. The van der Waals surface area contributed by atoms with Crippen LogP contribution in [-0.2, 0) is 6.54 Å². The first kappa shape index (κ1) is 21.6. The van der Waals surface area contributed by atoms with Crippen molar-refractivity contribution in [2.24, 2.45) is 0 Å². The minimum absolute atomic E-state index is 0.151. The summed E-state index contributed by atoms with van der Waals surface area (Å²) in [5, 5.41) is 10.2. The molecular formula is C25H24N6O3. The number of nitrogens with one attached hydrogen (secondary N) is 2. The van der Waals surface area contributed by atoms with Crippen LogP contribution in [0.5, 0.6) is 0 Å². The fourth-order valence-electron chi connectivity index (χ4n) is 3.83. The maximum absolute atomic E-state index is 13.1. The van der Waals surface area contributed by atoms with Crippen molar-refractivity contribution in [3.63, 3.8) is 0 Å². The van der Waals surface area contributed by atoms with Gasteiger partial charge in [0, 0.05) is 29.7 Å². The molecule has 1 saturated carbocycles. The monoisotopic (exact) mass is 456 g/mol. The van der Waals surface area contributed by atoms with Crippen LogP contribution >= 0.6 is 0 Å². The molecule has 0 bridgehead atoms. The summed E-state index contributed by atoms with van der Waals surface area (Å²) in [5.74, 6) is -0.525. The quantitative estimate of drug-likeness (QED) is 0.464. The number of aromatic nitrogens is 4. The second kappa shape index (κ2) is 8.58. The molecular weight excluding hydrogens is 432 g/mol. The van der Waals surface area contributed by atoms with E-state index in [0.29, 0.717) is 27.9 Å². The van der Waals surface area contributed by atoms with Gasteiger partial charge in [0.15, 0.2) is 0 Å². The molecule has 9 nitrogen and oxygen atoms in total. The number of carbonyl (C=O) groups is 2. The van der Waals surface area contributed by atoms with Crippen LogP contribution in [-0.4, -0.2) is 37.0 Å². The molecule has 5 rings (SSSR count). The number of benzene rings is 1. The molecule has 0 radical (unpaired) electrons. The summed E-state index contributed by atoms with van der Waals surface area (Å²) in [5.41, 5.74) is 3.55. The molecule has 1 aromatic carbocycles. The van der Waals surface area contributed by atoms with E-state index in [0.717, 1.165) is 24.1 Å². The van der Waals surface area contributed by atoms with Gasteiger partial charge in [-0.1, -0.05) is 12.1 Å². The van der Waals surface area contributed by atoms with E-state index in [-0.39, 0.29) is 30.0 Å². The van der Waals surface area contributed by atoms with Gasteiger partial charge in [0.1, 0.15) is 11.8 Å². The molecule has 1 aliphatic rings. The first-order chi connectivity index (χ1) is 16.4. The topological polar surface area (TPSA) is 110 Å². The lowest BCUT2D eigenvalue weighted by Gasteiger charge is -2.11. The number of amides is 2. The molecule has 4 aromatic rings. The standard InChI is InChI=1S/C25H24N6O3/c1-15-6-7-17(23(32)28-18-8-9-18)11-21(15)29-24(33)20-13-31-22(16(20)2)25(34)30(14-27-31)12-19-5-3-4-10-26-19/h3-7,10-11,13-14,18H,8-9,12H2,1-2H3,(H,28,32)(H,29,33). The Hall–Kier alpha value is -4.27. The summed E-state index contributed by atoms with van der Waals surface area (Å²) < 4.78 is 2.90.